The second-order valence-electron chi connectivity index (χ2n) is 6.70. The van der Waals surface area contributed by atoms with Crippen molar-refractivity contribution >= 4 is 15.7 Å². The molecule has 134 valence electrons. The number of benzene rings is 2. The first-order chi connectivity index (χ1) is 11.8. The third-order valence-electron chi connectivity index (χ3n) is 4.65. The molecule has 0 saturated carbocycles. The Labute approximate surface area is 148 Å². The van der Waals surface area contributed by atoms with Crippen LogP contribution in [0.2, 0.25) is 0 Å². The minimum atomic E-state index is -3.88. The van der Waals surface area contributed by atoms with E-state index in [1.54, 1.807) is 13.0 Å². The Morgan fingerprint density at radius 3 is 2.64 bits per heavy atom. The summed E-state index contributed by atoms with van der Waals surface area (Å²) in [6.07, 6.45) is 1.51. The highest BCUT2D eigenvalue weighted by Gasteiger charge is 2.37. The summed E-state index contributed by atoms with van der Waals surface area (Å²) in [5.74, 6) is -0.696. The van der Waals surface area contributed by atoms with Gasteiger partial charge in [-0.3, -0.25) is 0 Å². The maximum Gasteiger partial charge on any atom is 0.246 e. The van der Waals surface area contributed by atoms with Gasteiger partial charge in [-0.1, -0.05) is 18.2 Å². The zero-order valence-electron chi connectivity index (χ0n) is 14.7. The molecule has 0 aromatic heterocycles. The summed E-state index contributed by atoms with van der Waals surface area (Å²) in [5.41, 5.74) is 2.69. The molecule has 1 aliphatic heterocycles. The molecule has 1 heterocycles. The molecule has 25 heavy (non-hydrogen) atoms. The second kappa shape index (κ2) is 6.77. The summed E-state index contributed by atoms with van der Waals surface area (Å²) < 4.78 is 41.8. The molecule has 2 aromatic rings. The van der Waals surface area contributed by atoms with Crippen molar-refractivity contribution in [1.82, 2.24) is 4.31 Å². The average Bonchev–Trinajstić information content (AvgIpc) is 3.07. The third kappa shape index (κ3) is 3.41. The molecular formula is C19H23FN2O2S. The van der Waals surface area contributed by atoms with Gasteiger partial charge in [-0.15, -0.1) is 0 Å². The number of hydrogen-bond acceptors (Lipinski definition) is 3. The lowest BCUT2D eigenvalue weighted by Crippen LogP contribution is -2.31. The number of anilines is 1. The van der Waals surface area contributed by atoms with Gasteiger partial charge in [0.2, 0.25) is 10.0 Å². The van der Waals surface area contributed by atoms with Gasteiger partial charge in [0.05, 0.1) is 6.04 Å². The van der Waals surface area contributed by atoms with Crippen molar-refractivity contribution in [2.75, 3.05) is 25.5 Å². The van der Waals surface area contributed by atoms with Gasteiger partial charge >= 0.3 is 0 Å². The maximum atomic E-state index is 14.2. The van der Waals surface area contributed by atoms with Crippen LogP contribution in [0.5, 0.6) is 0 Å². The second-order valence-corrected chi connectivity index (χ2v) is 8.56. The molecular weight excluding hydrogens is 339 g/mol. The molecule has 0 spiro atoms. The van der Waals surface area contributed by atoms with Crippen molar-refractivity contribution in [2.24, 2.45) is 0 Å². The molecule has 0 radical (unpaired) electrons. The van der Waals surface area contributed by atoms with Crippen molar-refractivity contribution in [1.29, 1.82) is 0 Å². The number of rotatable bonds is 4. The summed E-state index contributed by atoms with van der Waals surface area (Å²) in [4.78, 5) is 1.75. The number of halogens is 1. The molecule has 1 unspecified atom stereocenters. The van der Waals surface area contributed by atoms with Gasteiger partial charge in [0.15, 0.2) is 0 Å². The Hall–Kier alpha value is -1.92. The molecule has 1 saturated heterocycles. The minimum Gasteiger partial charge on any atom is -0.378 e. The zero-order chi connectivity index (χ0) is 18.2. The quantitative estimate of drug-likeness (QED) is 0.832. The van der Waals surface area contributed by atoms with Crippen LogP contribution >= 0.6 is 0 Å². The fraction of sp³-hybridized carbons (Fsp3) is 0.368. The predicted octanol–water partition coefficient (Wildman–Crippen LogP) is 3.73. The van der Waals surface area contributed by atoms with E-state index >= 15 is 0 Å². The molecule has 6 heteroatoms. The van der Waals surface area contributed by atoms with Crippen molar-refractivity contribution in [3.05, 3.63) is 59.4 Å². The molecule has 2 aromatic carbocycles. The molecule has 1 atom stereocenters. The Kier molecular flexibility index (Phi) is 4.84. The van der Waals surface area contributed by atoms with Crippen LogP contribution in [0, 0.1) is 12.7 Å². The summed E-state index contributed by atoms with van der Waals surface area (Å²) in [6.45, 7) is 2.17. The fourth-order valence-electron chi connectivity index (χ4n) is 3.31. The van der Waals surface area contributed by atoms with Crippen LogP contribution in [-0.4, -0.2) is 33.4 Å². The topological polar surface area (TPSA) is 40.6 Å². The van der Waals surface area contributed by atoms with Gasteiger partial charge in [0.25, 0.3) is 0 Å². The van der Waals surface area contributed by atoms with E-state index in [1.165, 1.54) is 16.4 Å². The Morgan fingerprint density at radius 2 is 1.92 bits per heavy atom. The van der Waals surface area contributed by atoms with Crippen LogP contribution < -0.4 is 4.90 Å². The average molecular weight is 362 g/mol. The molecule has 0 N–H and O–H groups in total. The molecule has 0 amide bonds. The Bertz CT molecular complexity index is 881. The first-order valence-corrected chi connectivity index (χ1v) is 9.80. The summed E-state index contributed by atoms with van der Waals surface area (Å²) >= 11 is 0. The van der Waals surface area contributed by atoms with E-state index in [2.05, 4.69) is 0 Å². The van der Waals surface area contributed by atoms with Crippen LogP contribution in [0.15, 0.2) is 47.4 Å². The number of nitrogens with zero attached hydrogens (tertiary/aromatic N) is 2. The Morgan fingerprint density at radius 1 is 1.16 bits per heavy atom. The van der Waals surface area contributed by atoms with Gasteiger partial charge in [-0.2, -0.15) is 4.31 Å². The monoisotopic (exact) mass is 362 g/mol. The highest BCUT2D eigenvalue weighted by Crippen LogP contribution is 2.38. The van der Waals surface area contributed by atoms with Gasteiger partial charge in [0.1, 0.15) is 10.7 Å². The Balaban J connectivity index is 2.01. The van der Waals surface area contributed by atoms with E-state index in [9.17, 15) is 12.8 Å². The standard InChI is InChI=1S/C19H23FN2O2S/c1-14-9-10-17(20)19(12-14)25(23,24)22-11-5-8-18(22)15-6-4-7-16(13-15)21(2)3/h4,6-7,9-10,12-13,18H,5,8,11H2,1-3H3. The highest BCUT2D eigenvalue weighted by molar-refractivity contribution is 7.89. The van der Waals surface area contributed by atoms with E-state index in [0.717, 1.165) is 29.7 Å². The highest BCUT2D eigenvalue weighted by atomic mass is 32.2. The molecule has 1 aliphatic rings. The SMILES string of the molecule is Cc1ccc(F)c(S(=O)(=O)N2CCCC2c2cccc(N(C)C)c2)c1. The normalized spacial score (nSPS) is 18.5. The summed E-state index contributed by atoms with van der Waals surface area (Å²) in [7, 11) is 0.0200. The van der Waals surface area contributed by atoms with E-state index in [-0.39, 0.29) is 10.9 Å². The third-order valence-corrected chi connectivity index (χ3v) is 6.57. The predicted molar refractivity (Wildman–Crippen MR) is 97.8 cm³/mol. The van der Waals surface area contributed by atoms with Crippen LogP contribution in [0.4, 0.5) is 10.1 Å². The van der Waals surface area contributed by atoms with Crippen LogP contribution in [0.3, 0.4) is 0 Å². The van der Waals surface area contributed by atoms with Crippen molar-refractivity contribution in [3.63, 3.8) is 0 Å². The number of aryl methyl sites for hydroxylation is 1. The van der Waals surface area contributed by atoms with Crippen LogP contribution in [0.25, 0.3) is 0 Å². The van der Waals surface area contributed by atoms with Crippen molar-refractivity contribution in [2.45, 2.75) is 30.7 Å². The lowest BCUT2D eigenvalue weighted by molar-refractivity contribution is 0.393. The van der Waals surface area contributed by atoms with Gasteiger partial charge in [-0.25, -0.2) is 12.8 Å². The van der Waals surface area contributed by atoms with E-state index in [4.69, 9.17) is 0 Å². The molecule has 0 bridgehead atoms. The summed E-state index contributed by atoms with van der Waals surface area (Å²) in [5, 5.41) is 0. The summed E-state index contributed by atoms with van der Waals surface area (Å²) in [6, 6.07) is 11.8. The van der Waals surface area contributed by atoms with E-state index < -0.39 is 15.8 Å². The van der Waals surface area contributed by atoms with Crippen molar-refractivity contribution < 1.29 is 12.8 Å². The lowest BCUT2D eigenvalue weighted by atomic mass is 10.0. The van der Waals surface area contributed by atoms with Gasteiger partial charge in [0, 0.05) is 26.3 Å². The zero-order valence-corrected chi connectivity index (χ0v) is 15.6. The lowest BCUT2D eigenvalue weighted by Gasteiger charge is -2.26. The first kappa shape index (κ1) is 17.9. The minimum absolute atomic E-state index is 0.233. The van der Waals surface area contributed by atoms with Crippen LogP contribution in [0.1, 0.15) is 30.0 Å². The van der Waals surface area contributed by atoms with Gasteiger partial charge < -0.3 is 4.90 Å². The number of hydrogen-bond donors (Lipinski definition) is 0. The maximum absolute atomic E-state index is 14.2. The van der Waals surface area contributed by atoms with Gasteiger partial charge in [-0.05, 0) is 55.2 Å². The first-order valence-electron chi connectivity index (χ1n) is 8.36. The van der Waals surface area contributed by atoms with Crippen molar-refractivity contribution in [3.8, 4) is 0 Å². The molecule has 4 nitrogen and oxygen atoms in total. The fourth-order valence-corrected chi connectivity index (χ4v) is 5.14. The van der Waals surface area contributed by atoms with E-state index in [0.29, 0.717) is 6.54 Å². The van der Waals surface area contributed by atoms with E-state index in [1.807, 2.05) is 43.3 Å². The van der Waals surface area contributed by atoms with Crippen LogP contribution in [-0.2, 0) is 10.0 Å². The molecule has 1 fully saturated rings. The number of sulfonamides is 1. The molecule has 0 aliphatic carbocycles. The smallest absolute Gasteiger partial charge is 0.246 e. The largest absolute Gasteiger partial charge is 0.378 e. The molecule has 3 rings (SSSR count).